The minimum atomic E-state index is -0.298. The molecule has 1 aromatic carbocycles. The standard InChI is InChI=1S/C23H31N3O2/c1-2-5-23(28)25-12-10-20(11-13-25)26-15-18(22(27)16-26)14-19-9-8-17-6-3-4-7-21(17)24-19/h3-4,6-9,18,20,22,27H,2,5,10-16H2,1H3/t18-,22-/m1/s1. The summed E-state index contributed by atoms with van der Waals surface area (Å²) < 4.78 is 0. The number of carbonyl (C=O) groups is 1. The van der Waals surface area contributed by atoms with Crippen molar-refractivity contribution in [3.63, 3.8) is 0 Å². The molecule has 0 unspecified atom stereocenters. The number of hydrogen-bond donors (Lipinski definition) is 1. The van der Waals surface area contributed by atoms with Crippen molar-refractivity contribution in [2.45, 2.75) is 51.2 Å². The van der Waals surface area contributed by atoms with E-state index < -0.39 is 0 Å². The number of aromatic nitrogens is 1. The molecule has 150 valence electrons. The minimum Gasteiger partial charge on any atom is -0.391 e. The predicted octanol–water partition coefficient (Wildman–Crippen LogP) is 2.86. The highest BCUT2D eigenvalue weighted by atomic mass is 16.3. The molecule has 2 saturated heterocycles. The zero-order chi connectivity index (χ0) is 19.5. The van der Waals surface area contributed by atoms with Gasteiger partial charge in [-0.25, -0.2) is 0 Å². The highest BCUT2D eigenvalue weighted by Crippen LogP contribution is 2.27. The van der Waals surface area contributed by atoms with Crippen molar-refractivity contribution in [2.24, 2.45) is 5.92 Å². The quantitative estimate of drug-likeness (QED) is 0.865. The Labute approximate surface area is 167 Å². The second-order valence-corrected chi connectivity index (χ2v) is 8.34. The fraction of sp³-hybridized carbons (Fsp3) is 0.565. The van der Waals surface area contributed by atoms with Crippen molar-refractivity contribution in [1.82, 2.24) is 14.8 Å². The SMILES string of the molecule is CCCC(=O)N1CCC(N2C[C@@H](Cc3ccc4ccccc4n3)[C@H](O)C2)CC1. The Morgan fingerprint density at radius 3 is 2.71 bits per heavy atom. The molecule has 0 aliphatic carbocycles. The van der Waals surface area contributed by atoms with Gasteiger partial charge in [-0.1, -0.05) is 31.2 Å². The van der Waals surface area contributed by atoms with Crippen molar-refractivity contribution in [1.29, 1.82) is 0 Å². The van der Waals surface area contributed by atoms with Crippen LogP contribution >= 0.6 is 0 Å². The molecule has 3 heterocycles. The lowest BCUT2D eigenvalue weighted by atomic mass is 9.99. The summed E-state index contributed by atoms with van der Waals surface area (Å²) >= 11 is 0. The van der Waals surface area contributed by atoms with Gasteiger partial charge < -0.3 is 10.0 Å². The monoisotopic (exact) mass is 381 g/mol. The average molecular weight is 382 g/mol. The number of pyridine rings is 1. The zero-order valence-corrected chi connectivity index (χ0v) is 16.8. The van der Waals surface area contributed by atoms with Crippen LogP contribution in [0, 0.1) is 5.92 Å². The fourth-order valence-electron chi connectivity index (χ4n) is 4.73. The molecular weight excluding hydrogens is 350 g/mol. The van der Waals surface area contributed by atoms with Gasteiger partial charge in [-0.3, -0.25) is 14.7 Å². The van der Waals surface area contributed by atoms with E-state index in [0.29, 0.717) is 18.4 Å². The average Bonchev–Trinajstić information content (AvgIpc) is 3.08. The lowest BCUT2D eigenvalue weighted by Crippen LogP contribution is -2.46. The number of piperidine rings is 1. The Morgan fingerprint density at radius 2 is 1.93 bits per heavy atom. The molecule has 2 aliphatic heterocycles. The molecule has 1 amide bonds. The molecule has 5 heteroatoms. The van der Waals surface area contributed by atoms with Gasteiger partial charge in [0.25, 0.3) is 0 Å². The number of aliphatic hydroxyl groups excluding tert-OH is 1. The maximum Gasteiger partial charge on any atom is 0.222 e. The largest absolute Gasteiger partial charge is 0.391 e. The van der Waals surface area contributed by atoms with E-state index in [0.717, 1.165) is 68.5 Å². The van der Waals surface area contributed by atoms with E-state index in [1.54, 1.807) is 0 Å². The van der Waals surface area contributed by atoms with Gasteiger partial charge in [0.2, 0.25) is 5.91 Å². The number of carbonyl (C=O) groups excluding carboxylic acids is 1. The molecule has 5 nitrogen and oxygen atoms in total. The summed E-state index contributed by atoms with van der Waals surface area (Å²) in [7, 11) is 0. The van der Waals surface area contributed by atoms with Crippen LogP contribution in [0.15, 0.2) is 36.4 Å². The van der Waals surface area contributed by atoms with Gasteiger partial charge in [-0.15, -0.1) is 0 Å². The molecule has 0 saturated carbocycles. The second-order valence-electron chi connectivity index (χ2n) is 8.34. The van der Waals surface area contributed by atoms with Crippen LogP contribution in [0.25, 0.3) is 10.9 Å². The number of amides is 1. The molecule has 2 fully saturated rings. The minimum absolute atomic E-state index is 0.230. The van der Waals surface area contributed by atoms with Crippen LogP contribution in [-0.2, 0) is 11.2 Å². The molecule has 0 bridgehead atoms. The van der Waals surface area contributed by atoms with E-state index >= 15 is 0 Å². The highest BCUT2D eigenvalue weighted by molar-refractivity contribution is 5.78. The summed E-state index contributed by atoms with van der Waals surface area (Å²) in [6.07, 6.45) is 4.13. The first-order chi connectivity index (χ1) is 13.6. The Kier molecular flexibility index (Phi) is 5.93. The third-order valence-corrected chi connectivity index (χ3v) is 6.36. The molecule has 0 spiro atoms. The highest BCUT2D eigenvalue weighted by Gasteiger charge is 2.36. The number of hydrogen-bond acceptors (Lipinski definition) is 4. The summed E-state index contributed by atoms with van der Waals surface area (Å²) in [6, 6.07) is 12.9. The van der Waals surface area contributed by atoms with Crippen LogP contribution in [0.1, 0.15) is 38.3 Å². The topological polar surface area (TPSA) is 56.7 Å². The normalized spacial score (nSPS) is 24.1. The number of nitrogens with zero attached hydrogens (tertiary/aromatic N) is 3. The Morgan fingerprint density at radius 1 is 1.14 bits per heavy atom. The summed E-state index contributed by atoms with van der Waals surface area (Å²) in [4.78, 5) is 21.3. The number of fused-ring (bicyclic) bond motifs is 1. The number of para-hydroxylation sites is 1. The molecule has 2 aromatic rings. The van der Waals surface area contributed by atoms with Crippen LogP contribution in [-0.4, -0.2) is 64.1 Å². The van der Waals surface area contributed by atoms with Gasteiger partial charge in [0, 0.05) is 55.6 Å². The van der Waals surface area contributed by atoms with Crippen molar-refractivity contribution in [3.05, 3.63) is 42.1 Å². The third kappa shape index (κ3) is 4.20. The number of β-amino-alcohol motifs (C(OH)–C–C–N with tert-alkyl or cyclic N) is 1. The first-order valence-electron chi connectivity index (χ1n) is 10.7. The van der Waals surface area contributed by atoms with Crippen molar-refractivity contribution in [2.75, 3.05) is 26.2 Å². The van der Waals surface area contributed by atoms with Gasteiger partial charge in [-0.05, 0) is 37.8 Å². The van der Waals surface area contributed by atoms with E-state index in [-0.39, 0.29) is 12.0 Å². The van der Waals surface area contributed by atoms with Gasteiger partial charge in [0.15, 0.2) is 0 Å². The maximum atomic E-state index is 12.1. The van der Waals surface area contributed by atoms with Crippen LogP contribution in [0.2, 0.25) is 0 Å². The Bertz CT molecular complexity index is 816. The number of aliphatic hydroxyl groups is 1. The molecule has 28 heavy (non-hydrogen) atoms. The zero-order valence-electron chi connectivity index (χ0n) is 16.8. The summed E-state index contributed by atoms with van der Waals surface area (Å²) in [5, 5.41) is 11.8. The van der Waals surface area contributed by atoms with Crippen molar-refractivity contribution >= 4 is 16.8 Å². The molecule has 2 aliphatic rings. The van der Waals surface area contributed by atoms with Crippen LogP contribution < -0.4 is 0 Å². The summed E-state index contributed by atoms with van der Waals surface area (Å²) in [5.74, 6) is 0.524. The van der Waals surface area contributed by atoms with Gasteiger partial charge >= 0.3 is 0 Å². The molecule has 4 rings (SSSR count). The first kappa shape index (κ1) is 19.3. The van der Waals surface area contributed by atoms with E-state index in [1.807, 2.05) is 23.1 Å². The lowest BCUT2D eigenvalue weighted by Gasteiger charge is -2.36. The molecule has 1 aromatic heterocycles. The third-order valence-electron chi connectivity index (χ3n) is 6.36. The first-order valence-corrected chi connectivity index (χ1v) is 10.7. The number of likely N-dealkylation sites (tertiary alicyclic amines) is 2. The fourth-order valence-corrected chi connectivity index (χ4v) is 4.73. The Balaban J connectivity index is 1.34. The van der Waals surface area contributed by atoms with Gasteiger partial charge in [0.05, 0.1) is 11.6 Å². The van der Waals surface area contributed by atoms with Crippen LogP contribution in [0.5, 0.6) is 0 Å². The van der Waals surface area contributed by atoms with Gasteiger partial charge in [-0.2, -0.15) is 0 Å². The van der Waals surface area contributed by atoms with Crippen molar-refractivity contribution < 1.29 is 9.90 Å². The summed E-state index contributed by atoms with van der Waals surface area (Å²) in [5.41, 5.74) is 2.08. The lowest BCUT2D eigenvalue weighted by molar-refractivity contribution is -0.132. The van der Waals surface area contributed by atoms with E-state index in [2.05, 4.69) is 30.0 Å². The second kappa shape index (κ2) is 8.58. The summed E-state index contributed by atoms with van der Waals surface area (Å²) in [6.45, 7) is 5.43. The predicted molar refractivity (Wildman–Crippen MR) is 111 cm³/mol. The van der Waals surface area contributed by atoms with E-state index in [9.17, 15) is 9.90 Å². The number of rotatable bonds is 5. The molecule has 1 N–H and O–H groups in total. The molecular formula is C23H31N3O2. The number of benzene rings is 1. The van der Waals surface area contributed by atoms with Crippen LogP contribution in [0.4, 0.5) is 0 Å². The van der Waals surface area contributed by atoms with Crippen molar-refractivity contribution in [3.8, 4) is 0 Å². The molecule has 0 radical (unpaired) electrons. The van der Waals surface area contributed by atoms with E-state index in [4.69, 9.17) is 4.98 Å². The smallest absolute Gasteiger partial charge is 0.222 e. The van der Waals surface area contributed by atoms with E-state index in [1.165, 1.54) is 0 Å². The molecule has 2 atom stereocenters. The van der Waals surface area contributed by atoms with Gasteiger partial charge in [0.1, 0.15) is 0 Å². The maximum absolute atomic E-state index is 12.1. The Hall–Kier alpha value is -1.98. The van der Waals surface area contributed by atoms with Crippen LogP contribution in [0.3, 0.4) is 0 Å².